The molecule has 3 rings (SSSR count). The number of thiazole rings is 1. The molecule has 0 unspecified atom stereocenters. The molecule has 0 radical (unpaired) electrons. The smallest absolute Gasteiger partial charge is 0.282 e. The lowest BCUT2D eigenvalue weighted by Gasteiger charge is -2.24. The summed E-state index contributed by atoms with van der Waals surface area (Å²) in [5.41, 5.74) is 2.77. The summed E-state index contributed by atoms with van der Waals surface area (Å²) in [4.78, 5) is 32.9. The topological polar surface area (TPSA) is 79.6 Å². The zero-order valence-electron chi connectivity index (χ0n) is 18.0. The Kier molecular flexibility index (Phi) is 7.25. The summed E-state index contributed by atoms with van der Waals surface area (Å²) in [5, 5.41) is 12.3. The molecule has 0 N–H and O–H groups in total. The largest absolute Gasteiger partial charge is 0.302 e. The van der Waals surface area contributed by atoms with Gasteiger partial charge in [0.2, 0.25) is 0 Å². The number of hydrogen-bond acceptors (Lipinski definition) is 6. The number of likely N-dealkylation sites (N-methyl/N-ethyl adjacent to an activating group) is 1. The van der Waals surface area contributed by atoms with Crippen molar-refractivity contribution < 1.29 is 9.72 Å². The van der Waals surface area contributed by atoms with Gasteiger partial charge in [0.05, 0.1) is 15.1 Å². The maximum atomic E-state index is 13.5. The van der Waals surface area contributed by atoms with Crippen LogP contribution in [0.5, 0.6) is 0 Å². The van der Waals surface area contributed by atoms with Crippen molar-refractivity contribution in [2.75, 3.05) is 31.1 Å². The van der Waals surface area contributed by atoms with Gasteiger partial charge in [0.15, 0.2) is 5.13 Å². The SMILES string of the molecule is CCN(CC)CCN(C(=O)c1cc(Cl)ccc1[N+](=O)[O-])c1nc2cc(C)c(C)cc2s1. The number of aryl methyl sites for hydroxylation is 2. The number of aromatic nitrogens is 1. The van der Waals surface area contributed by atoms with Crippen molar-refractivity contribution in [1.29, 1.82) is 0 Å². The van der Waals surface area contributed by atoms with Crippen molar-refractivity contribution in [3.05, 3.63) is 62.2 Å². The lowest BCUT2D eigenvalue weighted by atomic mass is 10.1. The molecule has 0 aliphatic rings. The number of rotatable bonds is 8. The Balaban J connectivity index is 2.08. The summed E-state index contributed by atoms with van der Waals surface area (Å²) in [5.74, 6) is -0.478. The Bertz CT molecular complexity index is 1090. The van der Waals surface area contributed by atoms with Crippen LogP contribution >= 0.6 is 22.9 Å². The lowest BCUT2D eigenvalue weighted by Crippen LogP contribution is -2.39. The highest BCUT2D eigenvalue weighted by Gasteiger charge is 2.28. The molecule has 7 nitrogen and oxygen atoms in total. The van der Waals surface area contributed by atoms with E-state index in [-0.39, 0.29) is 16.3 Å². The maximum absolute atomic E-state index is 13.5. The number of nitro benzene ring substituents is 1. The van der Waals surface area contributed by atoms with Crippen LogP contribution < -0.4 is 4.90 Å². The van der Waals surface area contributed by atoms with Crippen LogP contribution in [-0.2, 0) is 0 Å². The molecule has 31 heavy (non-hydrogen) atoms. The molecule has 1 amide bonds. The number of fused-ring (bicyclic) bond motifs is 1. The van der Waals surface area contributed by atoms with E-state index in [9.17, 15) is 14.9 Å². The van der Waals surface area contributed by atoms with Gasteiger partial charge in [-0.25, -0.2) is 4.98 Å². The van der Waals surface area contributed by atoms with Crippen LogP contribution in [0.4, 0.5) is 10.8 Å². The van der Waals surface area contributed by atoms with Gasteiger partial charge in [-0.2, -0.15) is 0 Å². The van der Waals surface area contributed by atoms with Crippen molar-refractivity contribution in [1.82, 2.24) is 9.88 Å². The van der Waals surface area contributed by atoms with Crippen molar-refractivity contribution in [2.45, 2.75) is 27.7 Å². The maximum Gasteiger partial charge on any atom is 0.282 e. The minimum absolute atomic E-state index is 0.0383. The highest BCUT2D eigenvalue weighted by Crippen LogP contribution is 2.33. The highest BCUT2D eigenvalue weighted by molar-refractivity contribution is 7.22. The minimum atomic E-state index is -0.558. The molecule has 0 atom stereocenters. The molecule has 164 valence electrons. The fourth-order valence-corrected chi connectivity index (χ4v) is 4.57. The second-order valence-corrected chi connectivity index (χ2v) is 8.75. The van der Waals surface area contributed by atoms with Gasteiger partial charge in [0.25, 0.3) is 11.6 Å². The van der Waals surface area contributed by atoms with Crippen LogP contribution in [-0.4, -0.2) is 46.9 Å². The molecule has 0 spiro atoms. The van der Waals surface area contributed by atoms with Gasteiger partial charge in [-0.1, -0.05) is 36.8 Å². The first-order valence-electron chi connectivity index (χ1n) is 10.1. The van der Waals surface area contributed by atoms with Gasteiger partial charge in [0, 0.05) is 24.2 Å². The van der Waals surface area contributed by atoms with Crippen LogP contribution in [0.1, 0.15) is 35.3 Å². The number of amides is 1. The van der Waals surface area contributed by atoms with Crippen molar-refractivity contribution >= 4 is 49.9 Å². The second kappa shape index (κ2) is 9.72. The zero-order chi connectivity index (χ0) is 22.7. The third-order valence-corrected chi connectivity index (χ3v) is 6.66. The first-order valence-corrected chi connectivity index (χ1v) is 11.3. The van der Waals surface area contributed by atoms with E-state index in [4.69, 9.17) is 16.6 Å². The van der Waals surface area contributed by atoms with Crippen LogP contribution in [0.3, 0.4) is 0 Å². The minimum Gasteiger partial charge on any atom is -0.302 e. The molecular formula is C22H25ClN4O3S. The quantitative estimate of drug-likeness (QED) is 0.329. The predicted molar refractivity (Wildman–Crippen MR) is 127 cm³/mol. The van der Waals surface area contributed by atoms with Crippen molar-refractivity contribution in [3.63, 3.8) is 0 Å². The molecule has 0 fully saturated rings. The number of benzene rings is 2. The summed E-state index contributed by atoms with van der Waals surface area (Å²) >= 11 is 7.48. The standard InChI is InChI=1S/C22H25ClN4O3S/c1-5-25(6-2)9-10-26(21(28)17-13-16(23)7-8-19(17)27(29)30)22-24-18-11-14(3)15(4)12-20(18)31-22/h7-8,11-13H,5-6,9-10H2,1-4H3. The number of nitro groups is 1. The second-order valence-electron chi connectivity index (χ2n) is 7.30. The highest BCUT2D eigenvalue weighted by atomic mass is 35.5. The van der Waals surface area contributed by atoms with Crippen molar-refractivity contribution in [3.8, 4) is 0 Å². The molecule has 1 heterocycles. The van der Waals surface area contributed by atoms with E-state index >= 15 is 0 Å². The Morgan fingerprint density at radius 3 is 2.45 bits per heavy atom. The van der Waals surface area contributed by atoms with Gasteiger partial charge in [-0.3, -0.25) is 19.8 Å². The molecule has 0 saturated heterocycles. The zero-order valence-corrected chi connectivity index (χ0v) is 19.6. The monoisotopic (exact) mass is 460 g/mol. The van der Waals surface area contributed by atoms with Crippen molar-refractivity contribution in [2.24, 2.45) is 0 Å². The van der Waals surface area contributed by atoms with E-state index in [1.165, 1.54) is 34.4 Å². The van der Waals surface area contributed by atoms with Gasteiger partial charge in [-0.05, 0) is 62.3 Å². The Morgan fingerprint density at radius 2 is 1.81 bits per heavy atom. The van der Waals surface area contributed by atoms with E-state index in [1.54, 1.807) is 0 Å². The molecule has 2 aromatic carbocycles. The summed E-state index contributed by atoms with van der Waals surface area (Å²) in [6.45, 7) is 10.8. The first-order chi connectivity index (χ1) is 14.7. The van der Waals surface area contributed by atoms with Gasteiger partial charge >= 0.3 is 0 Å². The molecule has 0 aliphatic carbocycles. The summed E-state index contributed by atoms with van der Waals surface area (Å²) in [6.07, 6.45) is 0. The van der Waals surface area contributed by atoms with Crippen LogP contribution in [0.15, 0.2) is 30.3 Å². The molecular weight excluding hydrogens is 436 g/mol. The number of carbonyl (C=O) groups is 1. The number of anilines is 1. The van der Waals surface area contributed by atoms with Gasteiger partial charge in [-0.15, -0.1) is 0 Å². The van der Waals surface area contributed by atoms with Gasteiger partial charge < -0.3 is 4.90 Å². The Labute approximate surface area is 190 Å². The predicted octanol–water partition coefficient (Wildman–Crippen LogP) is 5.46. The average Bonchev–Trinajstić information content (AvgIpc) is 3.13. The summed E-state index contributed by atoms with van der Waals surface area (Å²) < 4.78 is 0.972. The number of nitrogens with zero attached hydrogens (tertiary/aromatic N) is 4. The van der Waals surface area contributed by atoms with E-state index in [0.29, 0.717) is 18.2 Å². The van der Waals surface area contributed by atoms with E-state index in [0.717, 1.165) is 34.4 Å². The summed E-state index contributed by atoms with van der Waals surface area (Å²) in [6, 6.07) is 8.09. The van der Waals surface area contributed by atoms with Crippen LogP contribution in [0.2, 0.25) is 5.02 Å². The third kappa shape index (κ3) is 5.03. The van der Waals surface area contributed by atoms with E-state index in [1.807, 2.05) is 19.9 Å². The molecule has 0 bridgehead atoms. The fourth-order valence-electron chi connectivity index (χ4n) is 3.33. The lowest BCUT2D eigenvalue weighted by molar-refractivity contribution is -0.385. The van der Waals surface area contributed by atoms with Gasteiger partial charge in [0.1, 0.15) is 5.56 Å². The molecule has 9 heteroatoms. The first kappa shape index (κ1) is 23.1. The third-order valence-electron chi connectivity index (χ3n) is 5.39. The normalized spacial score (nSPS) is 11.3. The molecule has 0 aliphatic heterocycles. The Hall–Kier alpha value is -2.55. The van der Waals surface area contributed by atoms with Crippen LogP contribution in [0, 0.1) is 24.0 Å². The molecule has 1 aromatic heterocycles. The number of carbonyl (C=O) groups excluding carboxylic acids is 1. The van der Waals surface area contributed by atoms with E-state index in [2.05, 4.69) is 24.8 Å². The van der Waals surface area contributed by atoms with E-state index < -0.39 is 10.8 Å². The van der Waals surface area contributed by atoms with Crippen LogP contribution in [0.25, 0.3) is 10.2 Å². The average molecular weight is 461 g/mol. The fraction of sp³-hybridized carbons (Fsp3) is 0.364. The summed E-state index contributed by atoms with van der Waals surface area (Å²) in [7, 11) is 0. The number of hydrogen-bond donors (Lipinski definition) is 0. The molecule has 3 aromatic rings. The Morgan fingerprint density at radius 1 is 1.13 bits per heavy atom. The number of halogens is 1. The molecule has 0 saturated carbocycles.